The second-order valence-electron chi connectivity index (χ2n) is 6.67. The topological polar surface area (TPSA) is 149 Å². The molecular formula is C18H28O11S2. The van der Waals surface area contributed by atoms with Gasteiger partial charge in [-0.2, -0.15) is 0 Å². The molecule has 0 aromatic heterocycles. The Morgan fingerprint density at radius 3 is 1.84 bits per heavy atom. The molecule has 1 heterocycles. The summed E-state index contributed by atoms with van der Waals surface area (Å²) in [5.41, 5.74) is -0.979. The second-order valence-corrected chi connectivity index (χ2v) is 10.4. The molecule has 178 valence electrons. The largest absolute Gasteiger partial charge is 0.463 e. The molecule has 0 amide bonds. The molecule has 0 aliphatic carbocycles. The fraction of sp³-hybridized carbons (Fsp3) is 0.778. The van der Waals surface area contributed by atoms with Gasteiger partial charge >= 0.3 is 23.9 Å². The van der Waals surface area contributed by atoms with Gasteiger partial charge in [0.2, 0.25) is 0 Å². The van der Waals surface area contributed by atoms with Crippen LogP contribution in [0.3, 0.4) is 0 Å². The maximum atomic E-state index is 11.8. The van der Waals surface area contributed by atoms with Gasteiger partial charge in [-0.15, -0.1) is 11.8 Å². The van der Waals surface area contributed by atoms with Crippen LogP contribution in [-0.2, 0) is 52.7 Å². The number of sulfone groups is 1. The summed E-state index contributed by atoms with van der Waals surface area (Å²) in [6.07, 6.45) is -4.75. The third-order valence-corrected chi connectivity index (χ3v) is 7.18. The molecule has 0 unspecified atom stereocenters. The van der Waals surface area contributed by atoms with Crippen molar-refractivity contribution in [3.63, 3.8) is 0 Å². The number of carbonyl (C=O) groups excluding carboxylic acids is 4. The van der Waals surface area contributed by atoms with Crippen molar-refractivity contribution >= 4 is 45.5 Å². The van der Waals surface area contributed by atoms with Crippen LogP contribution in [0.2, 0.25) is 0 Å². The number of carbonyl (C=O) groups is 4. The molecule has 0 N–H and O–H groups in total. The number of thioether (sulfide) groups is 1. The van der Waals surface area contributed by atoms with E-state index in [1.807, 2.05) is 0 Å². The van der Waals surface area contributed by atoms with Crippen LogP contribution in [0.4, 0.5) is 0 Å². The van der Waals surface area contributed by atoms with E-state index in [4.69, 9.17) is 23.7 Å². The highest BCUT2D eigenvalue weighted by atomic mass is 32.2. The maximum Gasteiger partial charge on any atom is 0.303 e. The van der Waals surface area contributed by atoms with Gasteiger partial charge in [0.15, 0.2) is 28.1 Å². The zero-order chi connectivity index (χ0) is 23.8. The minimum atomic E-state index is -3.26. The molecule has 13 heteroatoms. The number of hydrogen-bond donors (Lipinski definition) is 0. The Bertz CT molecular complexity index is 764. The quantitative estimate of drug-likeness (QED) is 0.309. The lowest BCUT2D eigenvalue weighted by Gasteiger charge is -2.44. The van der Waals surface area contributed by atoms with Crippen molar-refractivity contribution in [3.8, 4) is 0 Å². The molecule has 1 aliphatic heterocycles. The summed E-state index contributed by atoms with van der Waals surface area (Å²) in [7, 11) is -3.26. The molecule has 5 atom stereocenters. The number of esters is 4. The van der Waals surface area contributed by atoms with E-state index >= 15 is 0 Å². The van der Waals surface area contributed by atoms with E-state index in [9.17, 15) is 27.6 Å². The summed E-state index contributed by atoms with van der Waals surface area (Å²) >= 11 is 1.03. The molecule has 0 saturated carbocycles. The Hall–Kier alpha value is -1.86. The normalized spacial score (nSPS) is 25.9. The lowest BCUT2D eigenvalue weighted by molar-refractivity contribution is -0.237. The summed E-state index contributed by atoms with van der Waals surface area (Å²) in [4.78, 5) is 46.3. The van der Waals surface area contributed by atoms with Crippen molar-refractivity contribution in [1.82, 2.24) is 0 Å². The van der Waals surface area contributed by atoms with Crippen LogP contribution in [0, 0.1) is 0 Å². The predicted octanol–water partition coefficient (Wildman–Crippen LogP) is 0.237. The summed E-state index contributed by atoms with van der Waals surface area (Å²) < 4.78 is 50.3. The predicted molar refractivity (Wildman–Crippen MR) is 109 cm³/mol. The fourth-order valence-electron chi connectivity index (χ4n) is 2.76. The molecule has 1 aliphatic rings. The van der Waals surface area contributed by atoms with E-state index in [1.165, 1.54) is 13.8 Å². The lowest BCUT2D eigenvalue weighted by atomic mass is 9.99. The molecule has 11 nitrogen and oxygen atoms in total. The van der Waals surface area contributed by atoms with Crippen LogP contribution >= 0.6 is 11.8 Å². The van der Waals surface area contributed by atoms with Crippen molar-refractivity contribution in [1.29, 1.82) is 0 Å². The summed E-state index contributed by atoms with van der Waals surface area (Å²) in [5, 5.41) is 0. The molecular weight excluding hydrogens is 456 g/mol. The molecule has 1 rings (SSSR count). The second kappa shape index (κ2) is 12.2. The van der Waals surface area contributed by atoms with Crippen LogP contribution in [-0.4, -0.2) is 86.0 Å². The highest BCUT2D eigenvalue weighted by Crippen LogP contribution is 2.34. The summed E-state index contributed by atoms with van der Waals surface area (Å²) in [6, 6.07) is 0. The van der Waals surface area contributed by atoms with Gasteiger partial charge in [0.25, 0.3) is 0 Å². The first-order valence-electron chi connectivity index (χ1n) is 9.48. The number of rotatable bonds is 10. The Morgan fingerprint density at radius 1 is 0.839 bits per heavy atom. The maximum absolute atomic E-state index is 11.8. The van der Waals surface area contributed by atoms with E-state index < -0.39 is 63.6 Å². The van der Waals surface area contributed by atoms with Crippen LogP contribution in [0.1, 0.15) is 34.6 Å². The SMILES string of the molecule is CCS(=O)(=O)CCS[C@H]1O[C@@H](COC(C)=O)[C@@H](OC(C)=O)[C@@H](OC(C)=O)[C@@H]1OC(C)=O. The zero-order valence-corrected chi connectivity index (χ0v) is 19.7. The Morgan fingerprint density at radius 2 is 1.35 bits per heavy atom. The van der Waals surface area contributed by atoms with Crippen molar-refractivity contribution in [2.24, 2.45) is 0 Å². The molecule has 0 spiro atoms. The van der Waals surface area contributed by atoms with E-state index in [2.05, 4.69) is 0 Å². The smallest absolute Gasteiger partial charge is 0.303 e. The van der Waals surface area contributed by atoms with Crippen molar-refractivity contribution in [3.05, 3.63) is 0 Å². The van der Waals surface area contributed by atoms with Gasteiger partial charge in [0.1, 0.15) is 18.1 Å². The average Bonchev–Trinajstić information content (AvgIpc) is 2.63. The first-order valence-corrected chi connectivity index (χ1v) is 12.4. The van der Waals surface area contributed by atoms with Gasteiger partial charge in [-0.25, -0.2) is 8.42 Å². The average molecular weight is 485 g/mol. The van der Waals surface area contributed by atoms with Crippen molar-refractivity contribution < 1.29 is 51.3 Å². The molecule has 0 bridgehead atoms. The number of hydrogen-bond acceptors (Lipinski definition) is 12. The Balaban J connectivity index is 3.24. The third-order valence-electron chi connectivity index (χ3n) is 4.06. The summed E-state index contributed by atoms with van der Waals surface area (Å²) in [5.74, 6) is -2.87. The third kappa shape index (κ3) is 9.44. The first-order chi connectivity index (χ1) is 14.4. The van der Waals surface area contributed by atoms with Crippen LogP contribution < -0.4 is 0 Å². The van der Waals surface area contributed by atoms with Gasteiger partial charge in [0, 0.05) is 39.2 Å². The van der Waals surface area contributed by atoms with Crippen molar-refractivity contribution in [2.75, 3.05) is 23.9 Å². The highest BCUT2D eigenvalue weighted by molar-refractivity contribution is 8.01. The molecule has 0 radical (unpaired) electrons. The van der Waals surface area contributed by atoms with E-state index in [-0.39, 0.29) is 23.9 Å². The van der Waals surface area contributed by atoms with Crippen LogP contribution in [0.5, 0.6) is 0 Å². The molecule has 0 aromatic rings. The van der Waals surface area contributed by atoms with E-state index in [1.54, 1.807) is 0 Å². The van der Waals surface area contributed by atoms with Gasteiger partial charge in [-0.05, 0) is 0 Å². The molecule has 0 aromatic carbocycles. The van der Waals surface area contributed by atoms with Gasteiger partial charge < -0.3 is 23.7 Å². The van der Waals surface area contributed by atoms with Gasteiger partial charge in [0.05, 0.1) is 5.75 Å². The lowest BCUT2D eigenvalue weighted by Crippen LogP contribution is -2.61. The van der Waals surface area contributed by atoms with Crippen molar-refractivity contribution in [2.45, 2.75) is 64.5 Å². The minimum Gasteiger partial charge on any atom is -0.463 e. The molecule has 31 heavy (non-hydrogen) atoms. The monoisotopic (exact) mass is 484 g/mol. The Kier molecular flexibility index (Phi) is 10.7. The first kappa shape index (κ1) is 27.2. The summed E-state index contributed by atoms with van der Waals surface area (Å²) in [6.45, 7) is 5.76. The van der Waals surface area contributed by atoms with E-state index in [0.717, 1.165) is 32.5 Å². The molecule has 1 saturated heterocycles. The van der Waals surface area contributed by atoms with Gasteiger partial charge in [-0.1, -0.05) is 6.92 Å². The highest BCUT2D eigenvalue weighted by Gasteiger charge is 2.52. The Labute approximate surface area is 185 Å². The van der Waals surface area contributed by atoms with Crippen LogP contribution in [0.15, 0.2) is 0 Å². The molecule has 1 fully saturated rings. The minimum absolute atomic E-state index is 0.0356. The standard InChI is InChI=1S/C18H28O11S2/c1-6-31(23,24)8-7-30-18-17(28-13(5)22)16(27-12(4)21)15(26-11(3)20)14(29-18)9-25-10(2)19/h14-18H,6-9H2,1-5H3/t14-,15+,16+,17-,18+/m0/s1. The zero-order valence-electron chi connectivity index (χ0n) is 18.0. The fourth-order valence-corrected chi connectivity index (χ4v) is 5.30. The number of ether oxygens (including phenoxy) is 5. The van der Waals surface area contributed by atoms with E-state index in [0.29, 0.717) is 0 Å². The van der Waals surface area contributed by atoms with Crippen LogP contribution in [0.25, 0.3) is 0 Å². The van der Waals surface area contributed by atoms with Gasteiger partial charge in [-0.3, -0.25) is 19.2 Å².